The Balaban J connectivity index is 1.99. The first-order valence-corrected chi connectivity index (χ1v) is 9.74. The molecule has 1 fully saturated rings. The molecule has 130 valence electrons. The van der Waals surface area contributed by atoms with Crippen LogP contribution < -0.4 is 5.32 Å². The molecule has 0 amide bonds. The first-order chi connectivity index (χ1) is 11.2. The molecule has 2 rings (SSSR count). The second-order valence-electron chi connectivity index (χ2n) is 5.85. The monoisotopic (exact) mass is 337 g/mol. The van der Waals surface area contributed by atoms with E-state index in [0.29, 0.717) is 12.6 Å². The third-order valence-corrected chi connectivity index (χ3v) is 5.57. The minimum atomic E-state index is 0.653. The minimum absolute atomic E-state index is 0.653. The summed E-state index contributed by atoms with van der Waals surface area (Å²) in [5.41, 5.74) is 0. The number of nitrogens with zero attached hydrogens (tertiary/aromatic N) is 4. The summed E-state index contributed by atoms with van der Waals surface area (Å²) in [6.07, 6.45) is 4.26. The molecular weight excluding hydrogens is 306 g/mol. The predicted octanol–water partition coefficient (Wildman–Crippen LogP) is 2.59. The van der Waals surface area contributed by atoms with Crippen LogP contribution in [0, 0.1) is 0 Å². The highest BCUT2D eigenvalue weighted by atomic mass is 32.1. The largest absolute Gasteiger partial charge is 0.357 e. The summed E-state index contributed by atoms with van der Waals surface area (Å²) in [5.74, 6) is 1.04. The number of rotatable bonds is 7. The van der Waals surface area contributed by atoms with E-state index >= 15 is 0 Å². The molecule has 0 aromatic carbocycles. The summed E-state index contributed by atoms with van der Waals surface area (Å²) in [5, 5.41) is 4.55. The second-order valence-corrected chi connectivity index (χ2v) is 7.05. The smallest absolute Gasteiger partial charge is 0.194 e. The van der Waals surface area contributed by atoms with Crippen LogP contribution in [0.25, 0.3) is 0 Å². The Morgan fingerprint density at radius 1 is 1.39 bits per heavy atom. The number of aliphatic imine (C=N–C) groups is 1. The number of likely N-dealkylation sites (tertiary alicyclic amines) is 1. The Hall–Kier alpha value is -1.14. The fourth-order valence-electron chi connectivity index (χ4n) is 3.13. The van der Waals surface area contributed by atoms with Crippen molar-refractivity contribution in [1.82, 2.24) is 20.1 Å². The maximum atomic E-state index is 4.82. The van der Waals surface area contributed by atoms with Gasteiger partial charge in [-0.1, -0.05) is 20.8 Å². The van der Waals surface area contributed by atoms with Gasteiger partial charge >= 0.3 is 0 Å². The Labute approximate surface area is 144 Å². The van der Waals surface area contributed by atoms with E-state index in [1.165, 1.54) is 11.3 Å². The van der Waals surface area contributed by atoms with Crippen molar-refractivity contribution >= 4 is 17.3 Å². The molecule has 1 aromatic heterocycles. The van der Waals surface area contributed by atoms with Crippen molar-refractivity contribution in [2.24, 2.45) is 4.99 Å². The lowest BCUT2D eigenvalue weighted by atomic mass is 10.2. The molecule has 1 N–H and O–H groups in total. The van der Waals surface area contributed by atoms with Crippen LogP contribution in [-0.2, 0) is 13.0 Å². The summed E-state index contributed by atoms with van der Waals surface area (Å²) in [6, 6.07) is 0.653. The molecular formula is C17H31N5S. The number of thiazole rings is 1. The van der Waals surface area contributed by atoms with E-state index in [1.54, 1.807) is 11.3 Å². The van der Waals surface area contributed by atoms with Gasteiger partial charge in [-0.15, -0.1) is 11.3 Å². The molecule has 1 saturated heterocycles. The summed E-state index contributed by atoms with van der Waals surface area (Å²) in [4.78, 5) is 15.6. The standard InChI is InChI=1S/C17H31N5S/c1-5-15-11-19-16(23-15)12-20-17(18-6-2)22-10-9-14(13-22)21(7-3)8-4/h11,14H,5-10,12-13H2,1-4H3,(H,18,20). The first-order valence-electron chi connectivity index (χ1n) is 8.92. The normalized spacial score (nSPS) is 18.9. The lowest BCUT2D eigenvalue weighted by Crippen LogP contribution is -2.43. The molecule has 2 heterocycles. The van der Waals surface area contributed by atoms with Gasteiger partial charge in [0.2, 0.25) is 0 Å². The number of hydrogen-bond acceptors (Lipinski definition) is 4. The highest BCUT2D eigenvalue weighted by molar-refractivity contribution is 7.11. The molecule has 0 bridgehead atoms. The van der Waals surface area contributed by atoms with Crippen LogP contribution in [0.4, 0.5) is 0 Å². The Kier molecular flexibility index (Phi) is 7.30. The molecule has 23 heavy (non-hydrogen) atoms. The van der Waals surface area contributed by atoms with Gasteiger partial charge in [0.1, 0.15) is 5.01 Å². The van der Waals surface area contributed by atoms with Crippen molar-refractivity contribution in [3.8, 4) is 0 Å². The summed E-state index contributed by atoms with van der Waals surface area (Å²) in [7, 11) is 0. The molecule has 1 unspecified atom stereocenters. The van der Waals surface area contributed by atoms with Crippen LogP contribution in [0.15, 0.2) is 11.2 Å². The lowest BCUT2D eigenvalue weighted by Gasteiger charge is -2.27. The molecule has 6 heteroatoms. The molecule has 0 saturated carbocycles. The molecule has 1 atom stereocenters. The van der Waals surface area contributed by atoms with Crippen molar-refractivity contribution in [2.75, 3.05) is 32.7 Å². The zero-order valence-corrected chi connectivity index (χ0v) is 15.8. The number of guanidine groups is 1. The van der Waals surface area contributed by atoms with Gasteiger partial charge < -0.3 is 10.2 Å². The van der Waals surface area contributed by atoms with Crippen molar-refractivity contribution < 1.29 is 0 Å². The fraction of sp³-hybridized carbons (Fsp3) is 0.765. The summed E-state index contributed by atoms with van der Waals surface area (Å²) in [6.45, 7) is 14.8. The third-order valence-electron chi connectivity index (χ3n) is 4.44. The fourth-order valence-corrected chi connectivity index (χ4v) is 3.91. The molecule has 0 spiro atoms. The van der Waals surface area contributed by atoms with Crippen LogP contribution in [-0.4, -0.2) is 59.5 Å². The Morgan fingerprint density at radius 3 is 2.78 bits per heavy atom. The van der Waals surface area contributed by atoms with Gasteiger partial charge in [-0.25, -0.2) is 9.98 Å². The van der Waals surface area contributed by atoms with E-state index in [2.05, 4.69) is 47.8 Å². The SMILES string of the molecule is CCNC(=NCc1ncc(CC)s1)N1CCC(N(CC)CC)C1. The van der Waals surface area contributed by atoms with Crippen molar-refractivity contribution in [2.45, 2.75) is 53.1 Å². The van der Waals surface area contributed by atoms with Gasteiger partial charge in [-0.3, -0.25) is 4.90 Å². The van der Waals surface area contributed by atoms with Crippen LogP contribution in [0.1, 0.15) is 44.0 Å². The van der Waals surface area contributed by atoms with Crippen molar-refractivity contribution in [3.63, 3.8) is 0 Å². The van der Waals surface area contributed by atoms with E-state index in [9.17, 15) is 0 Å². The number of aryl methyl sites for hydroxylation is 1. The topological polar surface area (TPSA) is 43.8 Å². The maximum Gasteiger partial charge on any atom is 0.194 e. The van der Waals surface area contributed by atoms with Gasteiger partial charge in [-0.05, 0) is 32.9 Å². The second kappa shape index (κ2) is 9.23. The average Bonchev–Trinajstić information content (AvgIpc) is 3.22. The van der Waals surface area contributed by atoms with Gasteiger partial charge in [0.15, 0.2) is 5.96 Å². The average molecular weight is 338 g/mol. The quantitative estimate of drug-likeness (QED) is 0.613. The Bertz CT molecular complexity index is 495. The maximum absolute atomic E-state index is 4.82. The van der Waals surface area contributed by atoms with Gasteiger partial charge in [0, 0.05) is 36.8 Å². The van der Waals surface area contributed by atoms with Gasteiger partial charge in [0.05, 0.1) is 6.54 Å². The molecule has 0 aliphatic carbocycles. The van der Waals surface area contributed by atoms with Crippen LogP contribution in [0.5, 0.6) is 0 Å². The van der Waals surface area contributed by atoms with E-state index < -0.39 is 0 Å². The number of hydrogen-bond donors (Lipinski definition) is 1. The van der Waals surface area contributed by atoms with Crippen molar-refractivity contribution in [3.05, 3.63) is 16.1 Å². The van der Waals surface area contributed by atoms with Crippen LogP contribution in [0.2, 0.25) is 0 Å². The van der Waals surface area contributed by atoms with Gasteiger partial charge in [0.25, 0.3) is 0 Å². The van der Waals surface area contributed by atoms with E-state index in [-0.39, 0.29) is 0 Å². The number of likely N-dealkylation sites (N-methyl/N-ethyl adjacent to an activating group) is 1. The molecule has 5 nitrogen and oxygen atoms in total. The van der Waals surface area contributed by atoms with E-state index in [0.717, 1.165) is 50.1 Å². The van der Waals surface area contributed by atoms with Crippen molar-refractivity contribution in [1.29, 1.82) is 0 Å². The Morgan fingerprint density at radius 2 is 2.17 bits per heavy atom. The molecule has 1 aromatic rings. The molecule has 0 radical (unpaired) electrons. The van der Waals surface area contributed by atoms with Gasteiger partial charge in [-0.2, -0.15) is 0 Å². The highest BCUT2D eigenvalue weighted by Crippen LogP contribution is 2.17. The van der Waals surface area contributed by atoms with Crippen LogP contribution >= 0.6 is 11.3 Å². The molecule has 1 aliphatic heterocycles. The first kappa shape index (κ1) is 18.2. The molecule has 1 aliphatic rings. The van der Waals surface area contributed by atoms with Crippen LogP contribution in [0.3, 0.4) is 0 Å². The highest BCUT2D eigenvalue weighted by Gasteiger charge is 2.27. The zero-order valence-electron chi connectivity index (χ0n) is 15.0. The van der Waals surface area contributed by atoms with E-state index in [4.69, 9.17) is 4.99 Å². The number of nitrogens with one attached hydrogen (secondary N) is 1. The van der Waals surface area contributed by atoms with E-state index in [1.807, 2.05) is 6.20 Å². The lowest BCUT2D eigenvalue weighted by molar-refractivity contribution is 0.223. The predicted molar refractivity (Wildman–Crippen MR) is 99.2 cm³/mol. The third kappa shape index (κ3) is 4.91. The summed E-state index contributed by atoms with van der Waals surface area (Å²) >= 11 is 1.78. The zero-order chi connectivity index (χ0) is 16.7. The minimum Gasteiger partial charge on any atom is -0.357 e. The summed E-state index contributed by atoms with van der Waals surface area (Å²) < 4.78 is 0. The number of aromatic nitrogens is 1.